The van der Waals surface area contributed by atoms with Crippen molar-refractivity contribution in [1.82, 2.24) is 0 Å². The van der Waals surface area contributed by atoms with Crippen molar-refractivity contribution in [3.63, 3.8) is 0 Å². The minimum Gasteiger partial charge on any atom is -0.476 e. The lowest BCUT2D eigenvalue weighted by Crippen LogP contribution is -2.52. The predicted octanol–water partition coefficient (Wildman–Crippen LogP) is 6.38. The molecule has 0 spiro atoms. The van der Waals surface area contributed by atoms with Crippen LogP contribution < -0.4 is 15.0 Å². The van der Waals surface area contributed by atoms with Gasteiger partial charge in [-0.2, -0.15) is 0 Å². The first-order valence-electron chi connectivity index (χ1n) is 11.7. The maximum Gasteiger partial charge on any atom is 0.271 e. The predicted molar refractivity (Wildman–Crippen MR) is 137 cm³/mol. The molecule has 1 heterocycles. The van der Waals surface area contributed by atoms with Crippen LogP contribution in [0.5, 0.6) is 5.75 Å². The van der Waals surface area contributed by atoms with Gasteiger partial charge < -0.3 is 15.0 Å². The van der Waals surface area contributed by atoms with Crippen molar-refractivity contribution >= 4 is 23.2 Å². The van der Waals surface area contributed by atoms with Gasteiger partial charge in [-0.15, -0.1) is 0 Å². The van der Waals surface area contributed by atoms with Gasteiger partial charge in [0.25, 0.3) is 11.8 Å². The molecule has 3 aromatic rings. The molecule has 0 fully saturated rings. The first kappa shape index (κ1) is 23.6. The van der Waals surface area contributed by atoms with Crippen molar-refractivity contribution in [1.29, 1.82) is 0 Å². The molecule has 0 aromatic heterocycles. The summed E-state index contributed by atoms with van der Waals surface area (Å²) in [4.78, 5) is 28.1. The van der Waals surface area contributed by atoms with Gasteiger partial charge in [-0.05, 0) is 80.6 Å². The smallest absolute Gasteiger partial charge is 0.271 e. The summed E-state index contributed by atoms with van der Waals surface area (Å²) in [6.07, 6.45) is 0. The number of ether oxygens (including phenoxy) is 1. The molecule has 0 aliphatic carbocycles. The first-order valence-corrected chi connectivity index (χ1v) is 11.7. The number of nitrogens with zero attached hydrogens (tertiary/aromatic N) is 1. The number of carbonyl (C=O) groups excluding carboxylic acids is 2. The van der Waals surface area contributed by atoms with Gasteiger partial charge in [0.1, 0.15) is 5.75 Å². The van der Waals surface area contributed by atoms with E-state index < -0.39 is 5.60 Å². The number of nitrogens with one attached hydrogen (secondary N) is 1. The van der Waals surface area contributed by atoms with Crippen LogP contribution in [0.1, 0.15) is 66.2 Å². The number of hydrogen-bond donors (Lipinski definition) is 1. The number of amides is 2. The van der Waals surface area contributed by atoms with Crippen LogP contribution in [0.15, 0.2) is 60.7 Å². The zero-order chi connectivity index (χ0) is 24.6. The number of aryl methyl sites for hydroxylation is 2. The fraction of sp³-hybridized carbons (Fsp3) is 0.310. The van der Waals surface area contributed by atoms with Crippen LogP contribution in [-0.2, 0) is 11.3 Å². The Bertz CT molecular complexity index is 1240. The summed E-state index contributed by atoms with van der Waals surface area (Å²) in [5, 5.41) is 2.96. The number of carbonyl (C=O) groups is 2. The van der Waals surface area contributed by atoms with Crippen LogP contribution in [0.4, 0.5) is 11.4 Å². The van der Waals surface area contributed by atoms with Crippen molar-refractivity contribution in [2.24, 2.45) is 0 Å². The van der Waals surface area contributed by atoms with E-state index in [1.807, 2.05) is 38.1 Å². The molecule has 0 saturated heterocycles. The van der Waals surface area contributed by atoms with Crippen LogP contribution in [0, 0.1) is 13.8 Å². The second-order valence-electron chi connectivity index (χ2n) is 9.85. The lowest BCUT2D eigenvalue weighted by atomic mass is 9.99. The monoisotopic (exact) mass is 456 g/mol. The average Bonchev–Trinajstić information content (AvgIpc) is 2.79. The van der Waals surface area contributed by atoms with E-state index in [0.717, 1.165) is 22.4 Å². The largest absolute Gasteiger partial charge is 0.476 e. The summed E-state index contributed by atoms with van der Waals surface area (Å²) < 4.78 is 6.02. The van der Waals surface area contributed by atoms with Crippen LogP contribution in [0.3, 0.4) is 0 Å². The van der Waals surface area contributed by atoms with Crippen LogP contribution in [0.25, 0.3) is 0 Å². The molecule has 0 radical (unpaired) electrons. The number of benzene rings is 3. The number of anilines is 2. The van der Waals surface area contributed by atoms with Gasteiger partial charge in [-0.3, -0.25) is 9.59 Å². The Labute approximate surface area is 201 Å². The number of hydrogen-bond acceptors (Lipinski definition) is 3. The van der Waals surface area contributed by atoms with Crippen molar-refractivity contribution in [3.05, 3.63) is 88.5 Å². The Kier molecular flexibility index (Phi) is 6.22. The summed E-state index contributed by atoms with van der Waals surface area (Å²) in [6.45, 7) is 12.3. The Morgan fingerprint density at radius 1 is 1.00 bits per heavy atom. The van der Waals surface area contributed by atoms with Gasteiger partial charge in [0.05, 0.1) is 12.2 Å². The molecule has 4 rings (SSSR count). The van der Waals surface area contributed by atoms with Crippen LogP contribution >= 0.6 is 0 Å². The molecule has 0 bridgehead atoms. The van der Waals surface area contributed by atoms with Gasteiger partial charge in [0.15, 0.2) is 5.60 Å². The highest BCUT2D eigenvalue weighted by molar-refractivity contribution is 6.07. The molecule has 3 aromatic carbocycles. The summed E-state index contributed by atoms with van der Waals surface area (Å²) in [5.41, 5.74) is 5.34. The SMILES string of the molecule is Cc1ccc(C)c(CN2C(=O)C(C)(C)Oc3ccc(C(=O)Nc4ccc(C(C)C)cc4)cc32)c1. The van der Waals surface area contributed by atoms with Crippen molar-refractivity contribution in [2.75, 3.05) is 10.2 Å². The Morgan fingerprint density at radius 3 is 2.38 bits per heavy atom. The minimum absolute atomic E-state index is 0.136. The maximum atomic E-state index is 13.4. The normalized spacial score (nSPS) is 14.6. The fourth-order valence-corrected chi connectivity index (χ4v) is 4.16. The molecular formula is C29H32N2O3. The lowest BCUT2D eigenvalue weighted by Gasteiger charge is -2.39. The topological polar surface area (TPSA) is 58.6 Å². The molecule has 2 amide bonds. The quantitative estimate of drug-likeness (QED) is 0.484. The van der Waals surface area contributed by atoms with E-state index in [-0.39, 0.29) is 11.8 Å². The fourth-order valence-electron chi connectivity index (χ4n) is 4.16. The Balaban J connectivity index is 1.65. The van der Waals surface area contributed by atoms with E-state index in [9.17, 15) is 9.59 Å². The second-order valence-corrected chi connectivity index (χ2v) is 9.85. The van der Waals surface area contributed by atoms with Gasteiger partial charge in [0, 0.05) is 11.3 Å². The highest BCUT2D eigenvalue weighted by Crippen LogP contribution is 2.39. The van der Waals surface area contributed by atoms with Gasteiger partial charge >= 0.3 is 0 Å². The van der Waals surface area contributed by atoms with E-state index in [1.54, 1.807) is 36.9 Å². The minimum atomic E-state index is -0.993. The molecule has 0 atom stereocenters. The Hall–Kier alpha value is -3.60. The van der Waals surface area contributed by atoms with E-state index in [4.69, 9.17) is 4.74 Å². The molecule has 34 heavy (non-hydrogen) atoms. The first-order chi connectivity index (χ1) is 16.0. The van der Waals surface area contributed by atoms with Crippen molar-refractivity contribution < 1.29 is 14.3 Å². The summed E-state index contributed by atoms with van der Waals surface area (Å²) >= 11 is 0. The molecule has 176 valence electrons. The molecular weight excluding hydrogens is 424 g/mol. The maximum absolute atomic E-state index is 13.4. The second kappa shape index (κ2) is 8.98. The van der Waals surface area contributed by atoms with Crippen LogP contribution in [-0.4, -0.2) is 17.4 Å². The van der Waals surface area contributed by atoms with Gasteiger partial charge in [-0.25, -0.2) is 0 Å². The third-order valence-corrected chi connectivity index (χ3v) is 6.31. The van der Waals surface area contributed by atoms with E-state index in [1.165, 1.54) is 5.56 Å². The summed E-state index contributed by atoms with van der Waals surface area (Å²) in [7, 11) is 0. The molecule has 1 N–H and O–H groups in total. The third kappa shape index (κ3) is 4.69. The molecule has 5 nitrogen and oxygen atoms in total. The highest BCUT2D eigenvalue weighted by Gasteiger charge is 2.41. The number of rotatable bonds is 5. The third-order valence-electron chi connectivity index (χ3n) is 6.31. The standard InChI is InChI=1S/C29H32N2O3/c1-18(2)21-9-12-24(13-10-21)30-27(32)22-11-14-26-25(16-22)31(28(33)29(5,6)34-26)17-23-15-19(3)7-8-20(23)4/h7-16,18H,17H2,1-6H3,(H,30,32). The zero-order valence-electron chi connectivity index (χ0n) is 20.7. The van der Waals surface area contributed by atoms with Crippen LogP contribution in [0.2, 0.25) is 0 Å². The number of fused-ring (bicyclic) bond motifs is 1. The molecule has 0 saturated carbocycles. The summed E-state index contributed by atoms with van der Waals surface area (Å²) in [6, 6.07) is 19.3. The molecule has 5 heteroatoms. The Morgan fingerprint density at radius 2 is 1.71 bits per heavy atom. The van der Waals surface area contributed by atoms with Crippen molar-refractivity contribution in [2.45, 2.75) is 59.6 Å². The highest BCUT2D eigenvalue weighted by atomic mass is 16.5. The lowest BCUT2D eigenvalue weighted by molar-refractivity contribution is -0.132. The molecule has 1 aliphatic heterocycles. The molecule has 1 aliphatic rings. The van der Waals surface area contributed by atoms with Crippen molar-refractivity contribution in [3.8, 4) is 5.75 Å². The van der Waals surface area contributed by atoms with Gasteiger partial charge in [0.2, 0.25) is 0 Å². The van der Waals surface area contributed by atoms with E-state index in [2.05, 4.69) is 37.4 Å². The van der Waals surface area contributed by atoms with E-state index in [0.29, 0.717) is 29.5 Å². The average molecular weight is 457 g/mol. The van der Waals surface area contributed by atoms with Gasteiger partial charge in [-0.1, -0.05) is 49.7 Å². The zero-order valence-corrected chi connectivity index (χ0v) is 20.7. The van der Waals surface area contributed by atoms with E-state index >= 15 is 0 Å². The summed E-state index contributed by atoms with van der Waals surface area (Å²) in [5.74, 6) is 0.648. The molecule has 0 unspecified atom stereocenters.